The molecule has 3 aromatic rings. The highest BCUT2D eigenvalue weighted by Crippen LogP contribution is 2.22. The van der Waals surface area contributed by atoms with Crippen LogP contribution in [0.1, 0.15) is 16.7 Å². The molecule has 0 saturated carbocycles. The third-order valence-electron chi connectivity index (χ3n) is 3.96. The molecule has 0 aliphatic carbocycles. The second-order valence-electron chi connectivity index (χ2n) is 5.88. The number of aromatic hydroxyl groups is 1. The summed E-state index contributed by atoms with van der Waals surface area (Å²) in [4.78, 5) is 16.6. The van der Waals surface area contributed by atoms with Crippen molar-refractivity contribution in [2.24, 2.45) is 0 Å². The molecule has 4 nitrogen and oxygen atoms in total. The Morgan fingerprint density at radius 3 is 2.54 bits per heavy atom. The number of rotatable bonds is 6. The standard InChI is InChI=1S/C22H20N2O2/c25-20-10-4-6-17(14-20)11-13-24-22(26)15-21(18-7-2-1-3-8-18)19-9-5-12-23-16-19/h1-10,12,14-16,25H,11,13H2,(H,24,26). The second-order valence-corrected chi connectivity index (χ2v) is 5.88. The van der Waals surface area contributed by atoms with Crippen LogP contribution >= 0.6 is 0 Å². The Labute approximate surface area is 152 Å². The van der Waals surface area contributed by atoms with Crippen LogP contribution in [-0.4, -0.2) is 22.5 Å². The van der Waals surface area contributed by atoms with Crippen molar-refractivity contribution in [1.82, 2.24) is 10.3 Å². The summed E-state index contributed by atoms with van der Waals surface area (Å²) in [6.45, 7) is 0.494. The lowest BCUT2D eigenvalue weighted by atomic mass is 9.99. The molecule has 0 aliphatic rings. The van der Waals surface area contributed by atoms with E-state index in [0.29, 0.717) is 13.0 Å². The fourth-order valence-electron chi connectivity index (χ4n) is 2.70. The zero-order valence-corrected chi connectivity index (χ0v) is 14.3. The number of pyridine rings is 1. The van der Waals surface area contributed by atoms with Crippen LogP contribution in [0, 0.1) is 0 Å². The van der Waals surface area contributed by atoms with E-state index in [-0.39, 0.29) is 11.7 Å². The largest absolute Gasteiger partial charge is 0.508 e. The van der Waals surface area contributed by atoms with Gasteiger partial charge in [0.2, 0.25) is 5.91 Å². The maximum Gasteiger partial charge on any atom is 0.244 e. The van der Waals surface area contributed by atoms with Crippen LogP contribution in [0.5, 0.6) is 5.75 Å². The highest BCUT2D eigenvalue weighted by Gasteiger charge is 2.08. The molecule has 1 heterocycles. The summed E-state index contributed by atoms with van der Waals surface area (Å²) in [5, 5.41) is 12.4. The lowest BCUT2D eigenvalue weighted by molar-refractivity contribution is -0.116. The molecule has 2 N–H and O–H groups in total. The minimum atomic E-state index is -0.159. The molecule has 0 spiro atoms. The molecule has 0 bridgehead atoms. The summed E-state index contributed by atoms with van der Waals surface area (Å²) >= 11 is 0. The quantitative estimate of drug-likeness (QED) is 0.672. The van der Waals surface area contributed by atoms with Gasteiger partial charge < -0.3 is 10.4 Å². The molecular weight excluding hydrogens is 324 g/mol. The molecule has 0 atom stereocenters. The van der Waals surface area contributed by atoms with E-state index in [9.17, 15) is 9.90 Å². The Balaban J connectivity index is 1.72. The zero-order chi connectivity index (χ0) is 18.2. The fourth-order valence-corrected chi connectivity index (χ4v) is 2.70. The van der Waals surface area contributed by atoms with E-state index in [1.54, 1.807) is 36.7 Å². The van der Waals surface area contributed by atoms with E-state index in [4.69, 9.17) is 0 Å². The second kappa shape index (κ2) is 8.62. The van der Waals surface area contributed by atoms with Gasteiger partial charge in [0.25, 0.3) is 0 Å². The third-order valence-corrected chi connectivity index (χ3v) is 3.96. The van der Waals surface area contributed by atoms with E-state index in [2.05, 4.69) is 10.3 Å². The SMILES string of the molecule is O=C(C=C(c1ccccc1)c1cccnc1)NCCc1cccc(O)c1. The van der Waals surface area contributed by atoms with Crippen molar-refractivity contribution in [2.45, 2.75) is 6.42 Å². The molecule has 3 rings (SSSR count). The summed E-state index contributed by atoms with van der Waals surface area (Å²) in [6, 6.07) is 20.6. The first-order valence-corrected chi connectivity index (χ1v) is 8.45. The molecule has 0 radical (unpaired) electrons. The van der Waals surface area contributed by atoms with Crippen molar-refractivity contribution in [1.29, 1.82) is 0 Å². The molecule has 2 aromatic carbocycles. The Morgan fingerprint density at radius 1 is 1.00 bits per heavy atom. The van der Waals surface area contributed by atoms with Gasteiger partial charge in [-0.15, -0.1) is 0 Å². The highest BCUT2D eigenvalue weighted by molar-refractivity contribution is 5.99. The highest BCUT2D eigenvalue weighted by atomic mass is 16.3. The van der Waals surface area contributed by atoms with Gasteiger partial charge in [0.1, 0.15) is 5.75 Å². The number of phenolic OH excluding ortho intramolecular Hbond substituents is 1. The van der Waals surface area contributed by atoms with Gasteiger partial charge >= 0.3 is 0 Å². The molecule has 0 fully saturated rings. The van der Waals surface area contributed by atoms with Gasteiger partial charge in [-0.05, 0) is 41.3 Å². The number of benzene rings is 2. The normalized spacial score (nSPS) is 11.2. The van der Waals surface area contributed by atoms with E-state index >= 15 is 0 Å². The van der Waals surface area contributed by atoms with Crippen LogP contribution in [0.2, 0.25) is 0 Å². The number of nitrogens with zero attached hydrogens (tertiary/aromatic N) is 1. The predicted molar refractivity (Wildman–Crippen MR) is 103 cm³/mol. The van der Waals surface area contributed by atoms with Crippen LogP contribution in [0.3, 0.4) is 0 Å². The van der Waals surface area contributed by atoms with Gasteiger partial charge in [0.15, 0.2) is 0 Å². The summed E-state index contributed by atoms with van der Waals surface area (Å²) in [7, 11) is 0. The average molecular weight is 344 g/mol. The van der Waals surface area contributed by atoms with Gasteiger partial charge in [0.05, 0.1) is 0 Å². The van der Waals surface area contributed by atoms with Crippen LogP contribution in [0.25, 0.3) is 5.57 Å². The van der Waals surface area contributed by atoms with Crippen molar-refractivity contribution in [2.75, 3.05) is 6.54 Å². The minimum absolute atomic E-state index is 0.159. The Bertz CT molecular complexity index is 849. The van der Waals surface area contributed by atoms with Gasteiger partial charge in [-0.3, -0.25) is 9.78 Å². The summed E-state index contributed by atoms with van der Waals surface area (Å²) in [6.07, 6.45) is 5.72. The lowest BCUT2D eigenvalue weighted by Gasteiger charge is -2.09. The lowest BCUT2D eigenvalue weighted by Crippen LogP contribution is -2.24. The van der Waals surface area contributed by atoms with E-state index in [0.717, 1.165) is 22.3 Å². The van der Waals surface area contributed by atoms with E-state index < -0.39 is 0 Å². The first kappa shape index (κ1) is 17.4. The summed E-state index contributed by atoms with van der Waals surface area (Å²) < 4.78 is 0. The van der Waals surface area contributed by atoms with Crippen LogP contribution in [0.4, 0.5) is 0 Å². The first-order chi connectivity index (χ1) is 12.7. The monoisotopic (exact) mass is 344 g/mol. The molecule has 26 heavy (non-hydrogen) atoms. The van der Waals surface area contributed by atoms with Crippen molar-refractivity contribution in [3.8, 4) is 5.75 Å². The number of hydrogen-bond acceptors (Lipinski definition) is 3. The molecule has 0 unspecified atom stereocenters. The van der Waals surface area contributed by atoms with Crippen LogP contribution in [0.15, 0.2) is 85.2 Å². The van der Waals surface area contributed by atoms with Crippen molar-refractivity contribution in [3.63, 3.8) is 0 Å². The predicted octanol–water partition coefficient (Wildman–Crippen LogP) is 3.58. The molecule has 1 aromatic heterocycles. The van der Waals surface area contributed by atoms with Crippen molar-refractivity contribution >= 4 is 11.5 Å². The molecular formula is C22H20N2O2. The number of amides is 1. The number of carbonyl (C=O) groups excluding carboxylic acids is 1. The average Bonchev–Trinajstić information content (AvgIpc) is 2.67. The third kappa shape index (κ3) is 4.80. The molecule has 130 valence electrons. The zero-order valence-electron chi connectivity index (χ0n) is 14.3. The number of hydrogen-bond donors (Lipinski definition) is 2. The first-order valence-electron chi connectivity index (χ1n) is 8.45. The number of aromatic nitrogens is 1. The minimum Gasteiger partial charge on any atom is -0.508 e. The van der Waals surface area contributed by atoms with Crippen molar-refractivity contribution in [3.05, 3.63) is 102 Å². The van der Waals surface area contributed by atoms with Crippen LogP contribution < -0.4 is 5.32 Å². The maximum absolute atomic E-state index is 12.4. The van der Waals surface area contributed by atoms with Gasteiger partial charge in [-0.2, -0.15) is 0 Å². The number of nitrogens with one attached hydrogen (secondary N) is 1. The Kier molecular flexibility index (Phi) is 5.78. The summed E-state index contributed by atoms with van der Waals surface area (Å²) in [5.74, 6) is 0.0736. The smallest absolute Gasteiger partial charge is 0.244 e. The number of carbonyl (C=O) groups is 1. The Hall–Kier alpha value is -3.40. The van der Waals surface area contributed by atoms with Gasteiger partial charge in [-0.25, -0.2) is 0 Å². The van der Waals surface area contributed by atoms with Gasteiger partial charge in [0, 0.05) is 30.6 Å². The van der Waals surface area contributed by atoms with Crippen molar-refractivity contribution < 1.29 is 9.90 Å². The Morgan fingerprint density at radius 2 is 1.81 bits per heavy atom. The fraction of sp³-hybridized carbons (Fsp3) is 0.0909. The van der Waals surface area contributed by atoms with E-state index in [1.165, 1.54) is 0 Å². The topological polar surface area (TPSA) is 62.2 Å². The van der Waals surface area contributed by atoms with E-state index in [1.807, 2.05) is 48.5 Å². The van der Waals surface area contributed by atoms with Gasteiger partial charge in [-0.1, -0.05) is 48.5 Å². The maximum atomic E-state index is 12.4. The summed E-state index contributed by atoms with van der Waals surface area (Å²) in [5.41, 5.74) is 3.66. The molecule has 4 heteroatoms. The molecule has 0 aliphatic heterocycles. The van der Waals surface area contributed by atoms with Crippen LogP contribution in [-0.2, 0) is 11.2 Å². The molecule has 0 saturated heterocycles. The number of phenols is 1. The molecule has 1 amide bonds.